The van der Waals surface area contributed by atoms with E-state index in [-0.39, 0.29) is 0 Å². The summed E-state index contributed by atoms with van der Waals surface area (Å²) in [6.07, 6.45) is 12.0. The lowest BCUT2D eigenvalue weighted by Gasteiger charge is -2.27. The SMILES string of the molecule is NS(=O)(=O)C(CCCCCCCCNC(=S)Nc1ccncc1)CCCN1CCOCC1. The van der Waals surface area contributed by atoms with Crippen LogP contribution in [0.25, 0.3) is 0 Å². The largest absolute Gasteiger partial charge is 0.379 e. The molecule has 0 spiro atoms. The van der Waals surface area contributed by atoms with Crippen molar-refractivity contribution in [3.8, 4) is 0 Å². The van der Waals surface area contributed by atoms with Crippen LogP contribution in [0.1, 0.15) is 57.8 Å². The first kappa shape index (κ1) is 26.9. The number of aromatic nitrogens is 1. The number of nitrogens with two attached hydrogens (primary N) is 1. The highest BCUT2D eigenvalue weighted by atomic mass is 32.2. The number of anilines is 1. The molecular formula is C22H39N5O3S2. The zero-order valence-electron chi connectivity index (χ0n) is 19.0. The van der Waals surface area contributed by atoms with Crippen LogP contribution in [0.15, 0.2) is 24.5 Å². The Hall–Kier alpha value is -1.33. The number of nitrogens with zero attached hydrogens (tertiary/aromatic N) is 2. The second-order valence-corrected chi connectivity index (χ2v) is 10.6. The molecule has 10 heteroatoms. The number of nitrogens with one attached hydrogen (secondary N) is 2. The molecule has 0 bridgehead atoms. The monoisotopic (exact) mass is 485 g/mol. The minimum absolute atomic E-state index is 0.415. The predicted octanol–water partition coefficient (Wildman–Crippen LogP) is 2.87. The molecule has 4 N–H and O–H groups in total. The average Bonchev–Trinajstić information content (AvgIpc) is 2.77. The van der Waals surface area contributed by atoms with E-state index >= 15 is 0 Å². The maximum atomic E-state index is 11.9. The van der Waals surface area contributed by atoms with E-state index in [1.54, 1.807) is 12.4 Å². The molecule has 0 amide bonds. The lowest BCUT2D eigenvalue weighted by atomic mass is 10.1. The summed E-state index contributed by atoms with van der Waals surface area (Å²) in [5.41, 5.74) is 0.927. The Morgan fingerprint density at radius 2 is 1.69 bits per heavy atom. The molecule has 0 radical (unpaired) electrons. The minimum Gasteiger partial charge on any atom is -0.379 e. The second kappa shape index (κ2) is 15.5. The van der Waals surface area contributed by atoms with Crippen LogP contribution >= 0.6 is 12.2 Å². The van der Waals surface area contributed by atoms with Gasteiger partial charge in [0.2, 0.25) is 10.0 Å². The second-order valence-electron chi connectivity index (χ2n) is 8.33. The fourth-order valence-electron chi connectivity index (χ4n) is 3.86. The highest BCUT2D eigenvalue weighted by molar-refractivity contribution is 7.89. The van der Waals surface area contributed by atoms with Gasteiger partial charge in [-0.1, -0.05) is 32.1 Å². The molecule has 0 saturated carbocycles. The van der Waals surface area contributed by atoms with E-state index in [0.717, 1.165) is 90.0 Å². The first-order valence-corrected chi connectivity index (χ1v) is 13.7. The van der Waals surface area contributed by atoms with Crippen molar-refractivity contribution >= 4 is 33.0 Å². The number of unbranched alkanes of at least 4 members (excludes halogenated alkanes) is 5. The van der Waals surface area contributed by atoms with E-state index in [2.05, 4.69) is 20.5 Å². The van der Waals surface area contributed by atoms with Crippen molar-refractivity contribution in [1.29, 1.82) is 0 Å². The number of rotatable bonds is 15. The van der Waals surface area contributed by atoms with Gasteiger partial charge in [-0.05, 0) is 56.6 Å². The fraction of sp³-hybridized carbons (Fsp3) is 0.727. The molecule has 1 aliphatic rings. The third-order valence-electron chi connectivity index (χ3n) is 5.75. The third kappa shape index (κ3) is 12.1. The summed E-state index contributed by atoms with van der Waals surface area (Å²) in [6.45, 7) is 5.16. The van der Waals surface area contributed by atoms with Crippen molar-refractivity contribution < 1.29 is 13.2 Å². The molecule has 1 aromatic rings. The molecule has 0 aromatic carbocycles. The molecule has 1 saturated heterocycles. The van der Waals surface area contributed by atoms with E-state index in [4.69, 9.17) is 22.1 Å². The van der Waals surface area contributed by atoms with Gasteiger partial charge in [0, 0.05) is 37.7 Å². The van der Waals surface area contributed by atoms with Crippen molar-refractivity contribution in [3.63, 3.8) is 0 Å². The van der Waals surface area contributed by atoms with Gasteiger partial charge in [-0.25, -0.2) is 13.6 Å². The molecule has 2 heterocycles. The van der Waals surface area contributed by atoms with Crippen molar-refractivity contribution in [2.75, 3.05) is 44.7 Å². The maximum absolute atomic E-state index is 11.9. The number of primary sulfonamides is 1. The molecule has 0 aliphatic carbocycles. The number of pyridine rings is 1. The molecule has 1 fully saturated rings. The molecule has 8 nitrogen and oxygen atoms in total. The van der Waals surface area contributed by atoms with E-state index in [1.807, 2.05) is 12.1 Å². The van der Waals surface area contributed by atoms with E-state index in [0.29, 0.717) is 18.0 Å². The van der Waals surface area contributed by atoms with Crippen LogP contribution in [-0.2, 0) is 14.8 Å². The molecule has 1 aromatic heterocycles. The van der Waals surface area contributed by atoms with Crippen LogP contribution in [0, 0.1) is 0 Å². The van der Waals surface area contributed by atoms with Crippen molar-refractivity contribution in [1.82, 2.24) is 15.2 Å². The van der Waals surface area contributed by atoms with Crippen LogP contribution in [-0.4, -0.2) is 68.1 Å². The average molecular weight is 486 g/mol. The Morgan fingerprint density at radius 3 is 2.38 bits per heavy atom. The van der Waals surface area contributed by atoms with E-state index in [9.17, 15) is 8.42 Å². The minimum atomic E-state index is -3.48. The van der Waals surface area contributed by atoms with Gasteiger partial charge in [-0.15, -0.1) is 0 Å². The van der Waals surface area contributed by atoms with Gasteiger partial charge in [-0.3, -0.25) is 9.88 Å². The summed E-state index contributed by atoms with van der Waals surface area (Å²) in [7, 11) is -3.48. The van der Waals surface area contributed by atoms with Gasteiger partial charge in [0.05, 0.1) is 18.5 Å². The molecule has 32 heavy (non-hydrogen) atoms. The van der Waals surface area contributed by atoms with Crippen molar-refractivity contribution in [2.24, 2.45) is 5.14 Å². The first-order chi connectivity index (χ1) is 15.4. The van der Waals surface area contributed by atoms with E-state index < -0.39 is 15.3 Å². The predicted molar refractivity (Wildman–Crippen MR) is 134 cm³/mol. The van der Waals surface area contributed by atoms with Gasteiger partial charge < -0.3 is 15.4 Å². The van der Waals surface area contributed by atoms with Crippen LogP contribution < -0.4 is 15.8 Å². The standard InChI is InChI=1S/C22H39N5O3S2/c23-32(28,29)21(9-7-15-27-16-18-30-19-17-27)8-5-3-1-2-4-6-12-25-22(31)26-20-10-13-24-14-11-20/h10-11,13-14,21H,1-9,12,15-19H2,(H2,23,28,29)(H2,24,25,26,31). The summed E-state index contributed by atoms with van der Waals surface area (Å²) in [5.74, 6) is 0. The summed E-state index contributed by atoms with van der Waals surface area (Å²) in [5, 5.41) is 12.0. The first-order valence-electron chi connectivity index (χ1n) is 11.7. The summed E-state index contributed by atoms with van der Waals surface area (Å²) in [4.78, 5) is 6.31. The number of thiocarbonyl (C=S) groups is 1. The Kier molecular flexibility index (Phi) is 13.0. The van der Waals surface area contributed by atoms with Crippen LogP contribution in [0.5, 0.6) is 0 Å². The number of morpholine rings is 1. The Bertz CT molecular complexity index is 743. The normalized spacial score (nSPS) is 15.9. The van der Waals surface area contributed by atoms with Gasteiger partial charge >= 0.3 is 0 Å². The smallest absolute Gasteiger partial charge is 0.211 e. The third-order valence-corrected chi connectivity index (χ3v) is 7.39. The highest BCUT2D eigenvalue weighted by Crippen LogP contribution is 2.16. The zero-order chi connectivity index (χ0) is 23.1. The molecule has 1 aliphatic heterocycles. The van der Waals surface area contributed by atoms with Gasteiger partial charge in [-0.2, -0.15) is 0 Å². The Balaban J connectivity index is 1.47. The summed E-state index contributed by atoms with van der Waals surface area (Å²) < 4.78 is 29.2. The van der Waals surface area contributed by atoms with Gasteiger partial charge in [0.15, 0.2) is 5.11 Å². The number of ether oxygens (including phenoxy) is 1. The molecule has 2 rings (SSSR count). The number of hydrogen-bond donors (Lipinski definition) is 3. The summed E-state index contributed by atoms with van der Waals surface area (Å²) in [6, 6.07) is 3.75. The van der Waals surface area contributed by atoms with Crippen LogP contribution in [0.3, 0.4) is 0 Å². The molecular weight excluding hydrogens is 446 g/mol. The van der Waals surface area contributed by atoms with Crippen molar-refractivity contribution in [2.45, 2.75) is 63.0 Å². The lowest BCUT2D eigenvalue weighted by molar-refractivity contribution is 0.0371. The molecule has 1 atom stereocenters. The highest BCUT2D eigenvalue weighted by Gasteiger charge is 2.21. The molecule has 1 unspecified atom stereocenters. The van der Waals surface area contributed by atoms with Crippen LogP contribution in [0.4, 0.5) is 5.69 Å². The van der Waals surface area contributed by atoms with Crippen molar-refractivity contribution in [3.05, 3.63) is 24.5 Å². The van der Waals surface area contributed by atoms with E-state index in [1.165, 1.54) is 0 Å². The lowest BCUT2D eigenvalue weighted by Crippen LogP contribution is -2.37. The van der Waals surface area contributed by atoms with Gasteiger partial charge in [0.1, 0.15) is 0 Å². The number of hydrogen-bond acceptors (Lipinski definition) is 6. The fourth-order valence-corrected chi connectivity index (χ4v) is 5.07. The quantitative estimate of drug-likeness (QED) is 0.257. The summed E-state index contributed by atoms with van der Waals surface area (Å²) >= 11 is 5.28. The number of sulfonamides is 1. The Morgan fingerprint density at radius 1 is 1.06 bits per heavy atom. The van der Waals surface area contributed by atoms with Crippen LogP contribution in [0.2, 0.25) is 0 Å². The Labute approximate surface area is 198 Å². The topological polar surface area (TPSA) is 110 Å². The maximum Gasteiger partial charge on any atom is 0.211 e. The van der Waals surface area contributed by atoms with Gasteiger partial charge in [0.25, 0.3) is 0 Å². The zero-order valence-corrected chi connectivity index (χ0v) is 20.6. The molecule has 182 valence electrons.